The number of ether oxygens (including phenoxy) is 2. The van der Waals surface area contributed by atoms with E-state index in [9.17, 15) is 0 Å². The summed E-state index contributed by atoms with van der Waals surface area (Å²) in [6.45, 7) is 1.33. The van der Waals surface area contributed by atoms with Crippen molar-refractivity contribution in [3.63, 3.8) is 0 Å². The summed E-state index contributed by atoms with van der Waals surface area (Å²) in [6, 6.07) is 6.09. The summed E-state index contributed by atoms with van der Waals surface area (Å²) in [5.41, 5.74) is 1.28. The van der Waals surface area contributed by atoms with Crippen molar-refractivity contribution in [2.45, 2.75) is 4.43 Å². The van der Waals surface area contributed by atoms with E-state index in [0.29, 0.717) is 13.2 Å². The van der Waals surface area contributed by atoms with Crippen LogP contribution in [0.5, 0.6) is 11.5 Å². The molecule has 0 aliphatic carbocycles. The van der Waals surface area contributed by atoms with Gasteiger partial charge in [0.05, 0.1) is 0 Å². The average molecular weight is 276 g/mol. The summed E-state index contributed by atoms with van der Waals surface area (Å²) in [4.78, 5) is 0. The summed E-state index contributed by atoms with van der Waals surface area (Å²) in [5, 5.41) is 0. The lowest BCUT2D eigenvalue weighted by Gasteiger charge is -2.18. The Bertz CT molecular complexity index is 286. The van der Waals surface area contributed by atoms with Gasteiger partial charge in [0.15, 0.2) is 11.5 Å². The van der Waals surface area contributed by atoms with Gasteiger partial charge in [-0.05, 0) is 17.7 Å². The first kappa shape index (κ1) is 8.16. The fourth-order valence-electron chi connectivity index (χ4n) is 1.17. The quantitative estimate of drug-likeness (QED) is 0.579. The monoisotopic (exact) mass is 276 g/mol. The van der Waals surface area contributed by atoms with Gasteiger partial charge in [-0.25, -0.2) is 0 Å². The Morgan fingerprint density at radius 3 is 2.67 bits per heavy atom. The predicted octanol–water partition coefficient (Wildman–Crippen LogP) is 2.39. The molecule has 3 heteroatoms. The highest BCUT2D eigenvalue weighted by molar-refractivity contribution is 14.1. The minimum absolute atomic E-state index is 0.663. The molecule has 0 radical (unpaired) electrons. The van der Waals surface area contributed by atoms with Crippen molar-refractivity contribution < 1.29 is 9.47 Å². The Hall–Kier alpha value is -0.450. The number of benzene rings is 1. The third-order valence-corrected chi connectivity index (χ3v) is 2.64. The van der Waals surface area contributed by atoms with Crippen LogP contribution in [0.3, 0.4) is 0 Å². The maximum absolute atomic E-state index is 5.44. The Balaban J connectivity index is 2.36. The molecule has 0 aromatic heterocycles. The van der Waals surface area contributed by atoms with Crippen LogP contribution in [0.25, 0.3) is 0 Å². The molecule has 1 aromatic carbocycles. The molecule has 2 nitrogen and oxygen atoms in total. The highest BCUT2D eigenvalue weighted by Crippen LogP contribution is 2.31. The molecular formula is C9H9IO2. The van der Waals surface area contributed by atoms with Crippen molar-refractivity contribution >= 4 is 22.6 Å². The van der Waals surface area contributed by atoms with E-state index < -0.39 is 0 Å². The minimum Gasteiger partial charge on any atom is -0.486 e. The van der Waals surface area contributed by atoms with Gasteiger partial charge in [0.25, 0.3) is 0 Å². The van der Waals surface area contributed by atoms with Crippen LogP contribution in [0.1, 0.15) is 5.56 Å². The Morgan fingerprint density at radius 2 is 1.92 bits per heavy atom. The molecule has 1 aliphatic heterocycles. The maximum Gasteiger partial charge on any atom is 0.161 e. The van der Waals surface area contributed by atoms with Crippen LogP contribution in [0.2, 0.25) is 0 Å². The molecule has 0 bridgehead atoms. The largest absolute Gasteiger partial charge is 0.486 e. The first-order valence-corrected chi connectivity index (χ1v) is 5.37. The van der Waals surface area contributed by atoms with Crippen LogP contribution < -0.4 is 9.47 Å². The van der Waals surface area contributed by atoms with Crippen molar-refractivity contribution in [2.24, 2.45) is 0 Å². The molecular weight excluding hydrogens is 267 g/mol. The van der Waals surface area contributed by atoms with E-state index in [1.54, 1.807) is 0 Å². The van der Waals surface area contributed by atoms with Gasteiger partial charge < -0.3 is 9.47 Å². The molecule has 64 valence electrons. The smallest absolute Gasteiger partial charge is 0.161 e. The van der Waals surface area contributed by atoms with Gasteiger partial charge in [-0.1, -0.05) is 28.7 Å². The summed E-state index contributed by atoms with van der Waals surface area (Å²) >= 11 is 2.33. The number of halogens is 1. The molecule has 0 saturated heterocycles. The van der Waals surface area contributed by atoms with Crippen molar-refractivity contribution in [3.05, 3.63) is 23.8 Å². The summed E-state index contributed by atoms with van der Waals surface area (Å²) in [6.07, 6.45) is 0. The van der Waals surface area contributed by atoms with E-state index in [0.717, 1.165) is 15.9 Å². The lowest BCUT2D eigenvalue weighted by molar-refractivity contribution is 0.171. The second-order valence-electron chi connectivity index (χ2n) is 2.61. The molecule has 0 spiro atoms. The molecule has 0 saturated carbocycles. The molecule has 0 fully saturated rings. The first-order chi connectivity index (χ1) is 5.90. The second kappa shape index (κ2) is 3.51. The summed E-state index contributed by atoms with van der Waals surface area (Å²) < 4.78 is 11.8. The topological polar surface area (TPSA) is 18.5 Å². The number of hydrogen-bond donors (Lipinski definition) is 0. The zero-order valence-corrected chi connectivity index (χ0v) is 8.71. The lowest BCUT2D eigenvalue weighted by atomic mass is 10.2. The molecule has 1 heterocycles. The molecule has 1 aliphatic rings. The minimum atomic E-state index is 0.663. The van der Waals surface area contributed by atoms with Gasteiger partial charge in [0.1, 0.15) is 13.2 Å². The molecule has 0 amide bonds. The highest BCUT2D eigenvalue weighted by Gasteiger charge is 2.10. The van der Waals surface area contributed by atoms with E-state index in [1.165, 1.54) is 5.56 Å². The molecule has 0 atom stereocenters. The molecule has 12 heavy (non-hydrogen) atoms. The fraction of sp³-hybridized carbons (Fsp3) is 0.333. The first-order valence-electron chi connectivity index (χ1n) is 3.84. The number of fused-ring (bicyclic) bond motifs is 1. The van der Waals surface area contributed by atoms with Gasteiger partial charge >= 0.3 is 0 Å². The standard InChI is InChI=1S/C9H9IO2/c10-6-7-1-2-8-9(5-7)12-4-3-11-8/h1-2,5H,3-4,6H2. The van der Waals surface area contributed by atoms with E-state index in [-0.39, 0.29) is 0 Å². The molecule has 2 rings (SSSR count). The van der Waals surface area contributed by atoms with Gasteiger partial charge in [0.2, 0.25) is 0 Å². The van der Waals surface area contributed by atoms with E-state index >= 15 is 0 Å². The summed E-state index contributed by atoms with van der Waals surface area (Å²) in [7, 11) is 0. The van der Waals surface area contributed by atoms with Crippen molar-refractivity contribution in [3.8, 4) is 11.5 Å². The molecule has 0 N–H and O–H groups in total. The molecule has 1 aromatic rings. The van der Waals surface area contributed by atoms with Crippen LogP contribution in [0.15, 0.2) is 18.2 Å². The number of rotatable bonds is 1. The van der Waals surface area contributed by atoms with Crippen LogP contribution in [-0.2, 0) is 4.43 Å². The Morgan fingerprint density at radius 1 is 1.17 bits per heavy atom. The lowest BCUT2D eigenvalue weighted by Crippen LogP contribution is -2.15. The van der Waals surface area contributed by atoms with Gasteiger partial charge in [-0.2, -0.15) is 0 Å². The van der Waals surface area contributed by atoms with Gasteiger partial charge in [-0.3, -0.25) is 0 Å². The van der Waals surface area contributed by atoms with E-state index in [1.807, 2.05) is 12.1 Å². The van der Waals surface area contributed by atoms with Gasteiger partial charge in [-0.15, -0.1) is 0 Å². The van der Waals surface area contributed by atoms with E-state index in [2.05, 4.69) is 28.7 Å². The van der Waals surface area contributed by atoms with E-state index in [4.69, 9.17) is 9.47 Å². The maximum atomic E-state index is 5.44. The third kappa shape index (κ3) is 1.50. The SMILES string of the molecule is ICc1ccc2c(c1)OCCO2. The van der Waals surface area contributed by atoms with Crippen molar-refractivity contribution in [1.82, 2.24) is 0 Å². The highest BCUT2D eigenvalue weighted by atomic mass is 127. The van der Waals surface area contributed by atoms with Crippen LogP contribution in [0.4, 0.5) is 0 Å². The predicted molar refractivity (Wildman–Crippen MR) is 55.2 cm³/mol. The normalized spacial score (nSPS) is 14.4. The Labute approximate surface area is 85.0 Å². The van der Waals surface area contributed by atoms with Crippen LogP contribution in [0, 0.1) is 0 Å². The Kier molecular flexibility index (Phi) is 2.39. The third-order valence-electron chi connectivity index (χ3n) is 1.76. The van der Waals surface area contributed by atoms with Crippen molar-refractivity contribution in [2.75, 3.05) is 13.2 Å². The molecule has 0 unspecified atom stereocenters. The summed E-state index contributed by atoms with van der Waals surface area (Å²) in [5.74, 6) is 1.75. The van der Waals surface area contributed by atoms with Crippen LogP contribution >= 0.6 is 22.6 Å². The van der Waals surface area contributed by atoms with Crippen LogP contribution in [-0.4, -0.2) is 13.2 Å². The van der Waals surface area contributed by atoms with Gasteiger partial charge in [0, 0.05) is 4.43 Å². The number of alkyl halides is 1. The average Bonchev–Trinajstić information content (AvgIpc) is 2.17. The zero-order chi connectivity index (χ0) is 8.39. The fourth-order valence-corrected chi connectivity index (χ4v) is 1.65. The zero-order valence-electron chi connectivity index (χ0n) is 6.55. The second-order valence-corrected chi connectivity index (χ2v) is 3.37. The number of hydrogen-bond acceptors (Lipinski definition) is 2. The van der Waals surface area contributed by atoms with Crippen molar-refractivity contribution in [1.29, 1.82) is 0 Å².